The molecular formula is C36H24. The standard InChI is InChI=1S/C36H24/c1-4-16-28-25(11-1)14-9-21-31(28)33-19-7-8-20-34(33)36-30-18-6-3-13-27(30)23-24-35(36)32-22-10-15-26-12-2-5-17-29(26)32/h1-24H. The van der Waals surface area contributed by atoms with Crippen molar-refractivity contribution in [3.05, 3.63) is 146 Å². The Balaban J connectivity index is 1.60. The second kappa shape index (κ2) is 8.52. The molecule has 7 aromatic carbocycles. The number of hydrogen-bond acceptors (Lipinski definition) is 0. The van der Waals surface area contributed by atoms with E-state index in [-0.39, 0.29) is 0 Å². The molecule has 0 aromatic heterocycles. The van der Waals surface area contributed by atoms with Crippen LogP contribution in [0.25, 0.3) is 65.7 Å². The predicted octanol–water partition coefficient (Wildman–Crippen LogP) is 10.1. The molecule has 0 fully saturated rings. The Bertz CT molecular complexity index is 1880. The van der Waals surface area contributed by atoms with Gasteiger partial charge in [0.05, 0.1) is 0 Å². The Morgan fingerprint density at radius 3 is 1.28 bits per heavy atom. The average Bonchev–Trinajstić information content (AvgIpc) is 2.96. The Morgan fingerprint density at radius 1 is 0.222 bits per heavy atom. The third kappa shape index (κ3) is 3.31. The maximum Gasteiger partial charge on any atom is -0.00204 e. The van der Waals surface area contributed by atoms with Crippen molar-refractivity contribution in [3.63, 3.8) is 0 Å². The highest BCUT2D eigenvalue weighted by atomic mass is 14.2. The van der Waals surface area contributed by atoms with E-state index in [9.17, 15) is 0 Å². The van der Waals surface area contributed by atoms with Gasteiger partial charge in [0, 0.05) is 0 Å². The highest BCUT2D eigenvalue weighted by Crippen LogP contribution is 2.45. The van der Waals surface area contributed by atoms with Gasteiger partial charge in [-0.15, -0.1) is 0 Å². The summed E-state index contributed by atoms with van der Waals surface area (Å²) in [6.45, 7) is 0. The zero-order valence-electron chi connectivity index (χ0n) is 19.9. The zero-order valence-corrected chi connectivity index (χ0v) is 19.9. The van der Waals surface area contributed by atoms with E-state index < -0.39 is 0 Å². The lowest BCUT2D eigenvalue weighted by Crippen LogP contribution is -1.92. The lowest BCUT2D eigenvalue weighted by molar-refractivity contribution is 1.61. The van der Waals surface area contributed by atoms with E-state index >= 15 is 0 Å². The van der Waals surface area contributed by atoms with Gasteiger partial charge in [0.15, 0.2) is 0 Å². The Labute approximate surface area is 211 Å². The third-order valence-electron chi connectivity index (χ3n) is 7.29. The average molecular weight is 457 g/mol. The Hall–Kier alpha value is -4.68. The molecule has 0 heteroatoms. The summed E-state index contributed by atoms with van der Waals surface area (Å²) < 4.78 is 0. The summed E-state index contributed by atoms with van der Waals surface area (Å²) in [7, 11) is 0. The van der Waals surface area contributed by atoms with Crippen LogP contribution in [0.5, 0.6) is 0 Å². The quantitative estimate of drug-likeness (QED) is 0.248. The number of benzene rings is 7. The van der Waals surface area contributed by atoms with Crippen molar-refractivity contribution in [2.75, 3.05) is 0 Å². The van der Waals surface area contributed by atoms with Crippen molar-refractivity contribution in [2.45, 2.75) is 0 Å². The zero-order chi connectivity index (χ0) is 23.9. The molecule has 0 saturated carbocycles. The second-order valence-electron chi connectivity index (χ2n) is 9.31. The van der Waals surface area contributed by atoms with Crippen LogP contribution in [0.4, 0.5) is 0 Å². The van der Waals surface area contributed by atoms with Crippen LogP contribution < -0.4 is 0 Å². The number of fused-ring (bicyclic) bond motifs is 3. The molecule has 0 radical (unpaired) electrons. The van der Waals surface area contributed by atoms with Crippen LogP contribution >= 0.6 is 0 Å². The number of hydrogen-bond donors (Lipinski definition) is 0. The predicted molar refractivity (Wildman–Crippen MR) is 155 cm³/mol. The molecule has 0 heterocycles. The van der Waals surface area contributed by atoms with Crippen LogP contribution in [0.15, 0.2) is 146 Å². The van der Waals surface area contributed by atoms with Gasteiger partial charge < -0.3 is 0 Å². The largest absolute Gasteiger partial charge is 0.0616 e. The fourth-order valence-electron chi connectivity index (χ4n) is 5.64. The molecule has 36 heavy (non-hydrogen) atoms. The monoisotopic (exact) mass is 456 g/mol. The third-order valence-corrected chi connectivity index (χ3v) is 7.29. The summed E-state index contributed by atoms with van der Waals surface area (Å²) in [6, 6.07) is 52.8. The molecule has 0 aliphatic carbocycles. The van der Waals surface area contributed by atoms with E-state index in [1.54, 1.807) is 0 Å². The van der Waals surface area contributed by atoms with Gasteiger partial charge >= 0.3 is 0 Å². The van der Waals surface area contributed by atoms with Gasteiger partial charge in [0.25, 0.3) is 0 Å². The summed E-state index contributed by atoms with van der Waals surface area (Å²) in [5.74, 6) is 0. The second-order valence-corrected chi connectivity index (χ2v) is 9.31. The minimum atomic E-state index is 1.25. The first kappa shape index (κ1) is 20.7. The van der Waals surface area contributed by atoms with Gasteiger partial charge in [-0.2, -0.15) is 0 Å². The molecule has 0 unspecified atom stereocenters. The highest BCUT2D eigenvalue weighted by molar-refractivity contribution is 6.12. The fraction of sp³-hybridized carbons (Fsp3) is 0. The molecule has 0 nitrogen and oxygen atoms in total. The number of rotatable bonds is 3. The van der Waals surface area contributed by atoms with Gasteiger partial charge in [-0.05, 0) is 65.7 Å². The molecular weight excluding hydrogens is 432 g/mol. The molecule has 0 amide bonds. The lowest BCUT2D eigenvalue weighted by Gasteiger charge is -2.19. The smallest absolute Gasteiger partial charge is 0.00204 e. The van der Waals surface area contributed by atoms with Gasteiger partial charge in [0.2, 0.25) is 0 Å². The van der Waals surface area contributed by atoms with E-state index in [4.69, 9.17) is 0 Å². The van der Waals surface area contributed by atoms with Crippen molar-refractivity contribution in [1.82, 2.24) is 0 Å². The van der Waals surface area contributed by atoms with Crippen molar-refractivity contribution in [1.29, 1.82) is 0 Å². The summed E-state index contributed by atoms with van der Waals surface area (Å²) in [5.41, 5.74) is 7.59. The molecule has 168 valence electrons. The Kier molecular flexibility index (Phi) is 4.89. The van der Waals surface area contributed by atoms with E-state index in [0.29, 0.717) is 0 Å². The van der Waals surface area contributed by atoms with Crippen LogP contribution in [-0.2, 0) is 0 Å². The SMILES string of the molecule is c1ccc(-c2c(-c3cccc4ccccc34)ccc3ccccc23)c(-c2cccc3ccccc23)c1. The van der Waals surface area contributed by atoms with Crippen LogP contribution in [-0.4, -0.2) is 0 Å². The van der Waals surface area contributed by atoms with Crippen molar-refractivity contribution in [3.8, 4) is 33.4 Å². The minimum absolute atomic E-state index is 1.25. The first-order valence-electron chi connectivity index (χ1n) is 12.5. The molecule has 0 aliphatic heterocycles. The minimum Gasteiger partial charge on any atom is -0.0616 e. The highest BCUT2D eigenvalue weighted by Gasteiger charge is 2.18. The van der Waals surface area contributed by atoms with Crippen molar-refractivity contribution in [2.24, 2.45) is 0 Å². The summed E-state index contributed by atoms with van der Waals surface area (Å²) in [4.78, 5) is 0. The fourth-order valence-corrected chi connectivity index (χ4v) is 5.64. The van der Waals surface area contributed by atoms with Gasteiger partial charge in [0.1, 0.15) is 0 Å². The summed E-state index contributed by atoms with van der Waals surface area (Å²) in [6.07, 6.45) is 0. The van der Waals surface area contributed by atoms with E-state index in [2.05, 4.69) is 146 Å². The summed E-state index contributed by atoms with van der Waals surface area (Å²) in [5, 5.41) is 7.60. The van der Waals surface area contributed by atoms with Crippen LogP contribution in [0.2, 0.25) is 0 Å². The van der Waals surface area contributed by atoms with Crippen molar-refractivity contribution < 1.29 is 0 Å². The molecule has 7 rings (SSSR count). The first-order chi connectivity index (χ1) is 17.9. The maximum atomic E-state index is 2.30. The van der Waals surface area contributed by atoms with Crippen LogP contribution in [0.3, 0.4) is 0 Å². The van der Waals surface area contributed by atoms with Gasteiger partial charge in [-0.25, -0.2) is 0 Å². The molecule has 0 atom stereocenters. The maximum absolute atomic E-state index is 2.30. The first-order valence-corrected chi connectivity index (χ1v) is 12.5. The molecule has 0 bridgehead atoms. The molecule has 0 saturated heterocycles. The van der Waals surface area contributed by atoms with E-state index in [1.165, 1.54) is 65.7 Å². The van der Waals surface area contributed by atoms with Crippen molar-refractivity contribution >= 4 is 32.3 Å². The summed E-state index contributed by atoms with van der Waals surface area (Å²) >= 11 is 0. The lowest BCUT2D eigenvalue weighted by atomic mass is 9.84. The molecule has 7 aromatic rings. The van der Waals surface area contributed by atoms with E-state index in [1.807, 2.05) is 0 Å². The van der Waals surface area contributed by atoms with E-state index in [0.717, 1.165) is 0 Å². The van der Waals surface area contributed by atoms with Crippen LogP contribution in [0.1, 0.15) is 0 Å². The molecule has 0 aliphatic rings. The molecule has 0 N–H and O–H groups in total. The Morgan fingerprint density at radius 2 is 0.639 bits per heavy atom. The molecule has 0 spiro atoms. The topological polar surface area (TPSA) is 0 Å². The van der Waals surface area contributed by atoms with Gasteiger partial charge in [-0.1, -0.05) is 146 Å². The van der Waals surface area contributed by atoms with Crippen LogP contribution in [0, 0.1) is 0 Å². The van der Waals surface area contributed by atoms with Gasteiger partial charge in [-0.3, -0.25) is 0 Å². The normalized spacial score (nSPS) is 11.3.